The minimum Gasteiger partial charge on any atom is -0.493 e. The second-order valence-electron chi connectivity index (χ2n) is 7.32. The van der Waals surface area contributed by atoms with E-state index in [9.17, 15) is 0 Å². The van der Waals surface area contributed by atoms with Crippen LogP contribution in [0.3, 0.4) is 0 Å². The Morgan fingerprint density at radius 3 is 2.41 bits per heavy atom. The van der Waals surface area contributed by atoms with Crippen molar-refractivity contribution in [3.63, 3.8) is 0 Å². The second-order valence-corrected chi connectivity index (χ2v) is 9.09. The summed E-state index contributed by atoms with van der Waals surface area (Å²) in [6.45, 7) is 3.85. The van der Waals surface area contributed by atoms with Crippen LogP contribution in [0.1, 0.15) is 11.1 Å². The van der Waals surface area contributed by atoms with Crippen molar-refractivity contribution in [2.45, 2.75) is 6.61 Å². The summed E-state index contributed by atoms with van der Waals surface area (Å²) in [7, 11) is 1.64. The largest absolute Gasteiger partial charge is 0.493 e. The molecule has 0 spiro atoms. The molecule has 1 aliphatic heterocycles. The van der Waals surface area contributed by atoms with Crippen LogP contribution in [0, 0.1) is 0 Å². The molecular weight excluding hydrogens is 536 g/mol. The summed E-state index contributed by atoms with van der Waals surface area (Å²) in [6.07, 6.45) is 1.83. The van der Waals surface area contributed by atoms with Crippen LogP contribution in [0.4, 0.5) is 11.4 Å². The minimum absolute atomic E-state index is 0.450. The lowest BCUT2D eigenvalue weighted by Crippen LogP contribution is -2.36. The van der Waals surface area contributed by atoms with Gasteiger partial charge in [-0.3, -0.25) is 4.99 Å². The lowest BCUT2D eigenvalue weighted by atomic mass is 10.2. The molecule has 3 aromatic rings. The molecule has 0 atom stereocenters. The molecule has 0 amide bonds. The maximum Gasteiger partial charge on any atom is 0.175 e. The topological polar surface area (TPSA) is 43.3 Å². The Morgan fingerprint density at radius 1 is 1.00 bits per heavy atom. The van der Waals surface area contributed by atoms with Gasteiger partial charge in [-0.2, -0.15) is 0 Å². The molecule has 0 aliphatic carbocycles. The first-order valence-electron chi connectivity index (χ1n) is 10.3. The maximum atomic E-state index is 6.03. The summed E-state index contributed by atoms with van der Waals surface area (Å²) in [4.78, 5) is 6.95. The monoisotopic (exact) mass is 558 g/mol. The highest BCUT2D eigenvalue weighted by molar-refractivity contribution is 9.10. The van der Waals surface area contributed by atoms with E-state index >= 15 is 0 Å². The van der Waals surface area contributed by atoms with Gasteiger partial charge >= 0.3 is 0 Å². The molecule has 4 rings (SSSR count). The molecule has 0 saturated carbocycles. The number of benzene rings is 3. The predicted octanol–water partition coefficient (Wildman–Crippen LogP) is 6.39. The molecule has 0 bridgehead atoms. The first-order chi connectivity index (χ1) is 15.6. The van der Waals surface area contributed by atoms with Crippen molar-refractivity contribution in [1.82, 2.24) is 0 Å². The standard InChI is InChI=1S/C25H24Br2N2O3/c1-30-24-15-19(14-23(27)25(24)32-17-18-2-4-20(26)5-3-18)16-28-21-6-8-22(9-7-21)29-10-12-31-13-11-29/h2-9,14-16H,10-13,17H2,1H3. The van der Waals surface area contributed by atoms with Gasteiger partial charge in [0.25, 0.3) is 0 Å². The molecule has 166 valence electrons. The molecule has 7 heteroatoms. The average Bonchev–Trinajstić information content (AvgIpc) is 2.83. The van der Waals surface area contributed by atoms with Crippen LogP contribution in [0.2, 0.25) is 0 Å². The normalized spacial score (nSPS) is 14.0. The molecule has 1 saturated heterocycles. The van der Waals surface area contributed by atoms with Crippen molar-refractivity contribution < 1.29 is 14.2 Å². The van der Waals surface area contributed by atoms with E-state index in [0.29, 0.717) is 18.1 Å². The van der Waals surface area contributed by atoms with Crippen LogP contribution in [-0.2, 0) is 11.3 Å². The Balaban J connectivity index is 1.44. The zero-order valence-corrected chi connectivity index (χ0v) is 20.9. The van der Waals surface area contributed by atoms with Crippen LogP contribution >= 0.6 is 31.9 Å². The van der Waals surface area contributed by atoms with Crippen LogP contribution in [-0.4, -0.2) is 39.6 Å². The zero-order chi connectivity index (χ0) is 22.3. The van der Waals surface area contributed by atoms with Gasteiger partial charge in [0.05, 0.1) is 30.5 Å². The van der Waals surface area contributed by atoms with Crippen molar-refractivity contribution in [2.75, 3.05) is 38.3 Å². The van der Waals surface area contributed by atoms with Gasteiger partial charge in [-0.25, -0.2) is 0 Å². The average molecular weight is 560 g/mol. The third kappa shape index (κ3) is 5.91. The molecule has 1 fully saturated rings. The quantitative estimate of drug-likeness (QED) is 0.315. The first-order valence-corrected chi connectivity index (χ1v) is 11.9. The highest BCUT2D eigenvalue weighted by atomic mass is 79.9. The fourth-order valence-electron chi connectivity index (χ4n) is 3.41. The number of halogens is 2. The van der Waals surface area contributed by atoms with Gasteiger partial charge in [0.2, 0.25) is 0 Å². The number of hydrogen-bond donors (Lipinski definition) is 0. The molecule has 32 heavy (non-hydrogen) atoms. The Bertz CT molecular complexity index is 1060. The maximum absolute atomic E-state index is 6.03. The number of morpholine rings is 1. The van der Waals surface area contributed by atoms with E-state index in [1.807, 2.05) is 54.7 Å². The van der Waals surface area contributed by atoms with E-state index in [1.165, 1.54) is 5.69 Å². The number of methoxy groups -OCH3 is 1. The Hall–Kier alpha value is -2.35. The van der Waals surface area contributed by atoms with E-state index < -0.39 is 0 Å². The van der Waals surface area contributed by atoms with Crippen LogP contribution < -0.4 is 14.4 Å². The number of hydrogen-bond acceptors (Lipinski definition) is 5. The molecule has 0 aromatic heterocycles. The number of ether oxygens (including phenoxy) is 3. The molecule has 3 aromatic carbocycles. The minimum atomic E-state index is 0.450. The van der Waals surface area contributed by atoms with E-state index in [-0.39, 0.29) is 0 Å². The van der Waals surface area contributed by atoms with E-state index in [1.54, 1.807) is 7.11 Å². The molecule has 0 radical (unpaired) electrons. The second kappa shape index (κ2) is 11.0. The summed E-state index contributed by atoms with van der Waals surface area (Å²) in [5.74, 6) is 1.32. The lowest BCUT2D eigenvalue weighted by molar-refractivity contribution is 0.122. The molecule has 0 unspecified atom stereocenters. The van der Waals surface area contributed by atoms with E-state index in [2.05, 4.69) is 53.9 Å². The van der Waals surface area contributed by atoms with Gasteiger partial charge in [-0.1, -0.05) is 28.1 Å². The smallest absolute Gasteiger partial charge is 0.175 e. The number of aliphatic imine (C=N–C) groups is 1. The van der Waals surface area contributed by atoms with Gasteiger partial charge < -0.3 is 19.1 Å². The summed E-state index contributed by atoms with van der Waals surface area (Å²) in [5, 5.41) is 0. The van der Waals surface area contributed by atoms with Gasteiger partial charge in [0, 0.05) is 29.5 Å². The van der Waals surface area contributed by atoms with Gasteiger partial charge in [0.15, 0.2) is 11.5 Å². The van der Waals surface area contributed by atoms with Crippen molar-refractivity contribution in [1.29, 1.82) is 0 Å². The van der Waals surface area contributed by atoms with Crippen LogP contribution in [0.15, 0.2) is 74.6 Å². The van der Waals surface area contributed by atoms with Crippen molar-refractivity contribution >= 4 is 49.4 Å². The summed E-state index contributed by atoms with van der Waals surface area (Å²) in [6, 6.07) is 20.2. The Morgan fingerprint density at radius 2 is 1.72 bits per heavy atom. The third-order valence-corrected chi connectivity index (χ3v) is 6.25. The Labute approximate surface area is 205 Å². The van der Waals surface area contributed by atoms with E-state index in [4.69, 9.17) is 14.2 Å². The van der Waals surface area contributed by atoms with Gasteiger partial charge in [-0.05, 0) is 75.6 Å². The fourth-order valence-corrected chi connectivity index (χ4v) is 4.25. The first kappa shape index (κ1) is 22.8. The van der Waals surface area contributed by atoms with Crippen molar-refractivity contribution in [2.24, 2.45) is 4.99 Å². The van der Waals surface area contributed by atoms with Gasteiger partial charge in [-0.15, -0.1) is 0 Å². The number of anilines is 1. The van der Waals surface area contributed by atoms with Crippen LogP contribution in [0.25, 0.3) is 0 Å². The number of nitrogens with zero attached hydrogens (tertiary/aromatic N) is 2. The van der Waals surface area contributed by atoms with Crippen LogP contribution in [0.5, 0.6) is 11.5 Å². The zero-order valence-electron chi connectivity index (χ0n) is 17.8. The number of rotatable bonds is 7. The fraction of sp³-hybridized carbons (Fsp3) is 0.240. The van der Waals surface area contributed by atoms with Gasteiger partial charge in [0.1, 0.15) is 6.61 Å². The SMILES string of the molecule is COc1cc(C=Nc2ccc(N3CCOCC3)cc2)cc(Br)c1OCc1ccc(Br)cc1. The molecule has 1 aliphatic rings. The highest BCUT2D eigenvalue weighted by Crippen LogP contribution is 2.37. The third-order valence-electron chi connectivity index (χ3n) is 5.14. The summed E-state index contributed by atoms with van der Waals surface area (Å²) >= 11 is 7.06. The molecular formula is C25H24Br2N2O3. The molecule has 5 nitrogen and oxygen atoms in total. The van der Waals surface area contributed by atoms with Crippen molar-refractivity contribution in [3.05, 3.63) is 80.7 Å². The molecule has 0 N–H and O–H groups in total. The molecule has 1 heterocycles. The summed E-state index contributed by atoms with van der Waals surface area (Å²) < 4.78 is 18.9. The van der Waals surface area contributed by atoms with Crippen molar-refractivity contribution in [3.8, 4) is 11.5 Å². The Kier molecular flexibility index (Phi) is 7.84. The lowest BCUT2D eigenvalue weighted by Gasteiger charge is -2.28. The summed E-state index contributed by atoms with van der Waals surface area (Å²) in [5.41, 5.74) is 4.09. The predicted molar refractivity (Wildman–Crippen MR) is 136 cm³/mol. The van der Waals surface area contributed by atoms with E-state index in [0.717, 1.165) is 52.1 Å². The highest BCUT2D eigenvalue weighted by Gasteiger charge is 2.12.